The van der Waals surface area contributed by atoms with Gasteiger partial charge in [0.25, 0.3) is 0 Å². The van der Waals surface area contributed by atoms with Crippen LogP contribution in [-0.4, -0.2) is 12.9 Å². The molecule has 0 heterocycles. The van der Waals surface area contributed by atoms with Gasteiger partial charge in [0.2, 0.25) is 0 Å². The number of carbonyl (C=O) groups excluding carboxylic acids is 1. The van der Waals surface area contributed by atoms with Crippen molar-refractivity contribution in [3.8, 4) is 5.75 Å². The van der Waals surface area contributed by atoms with Crippen molar-refractivity contribution in [2.75, 3.05) is 7.11 Å². The van der Waals surface area contributed by atoms with Gasteiger partial charge >= 0.3 is 0 Å². The van der Waals surface area contributed by atoms with Crippen LogP contribution in [0.1, 0.15) is 29.6 Å². The Morgan fingerprint density at radius 1 is 1.56 bits per heavy atom. The SMILES string of the molecule is C=CCCCC(=O)c1ccc(OC)c(F)c1. The van der Waals surface area contributed by atoms with Gasteiger partial charge in [0.15, 0.2) is 17.3 Å². The molecule has 0 bridgehead atoms. The van der Waals surface area contributed by atoms with E-state index < -0.39 is 5.82 Å². The van der Waals surface area contributed by atoms with E-state index in [-0.39, 0.29) is 11.5 Å². The highest BCUT2D eigenvalue weighted by atomic mass is 19.1. The summed E-state index contributed by atoms with van der Waals surface area (Å²) in [6, 6.07) is 4.27. The molecule has 0 aromatic heterocycles. The van der Waals surface area contributed by atoms with E-state index in [1.165, 1.54) is 19.2 Å². The lowest BCUT2D eigenvalue weighted by molar-refractivity contribution is 0.0980. The molecular weight excluding hydrogens is 207 g/mol. The van der Waals surface area contributed by atoms with E-state index >= 15 is 0 Å². The summed E-state index contributed by atoms with van der Waals surface area (Å²) in [7, 11) is 1.39. The molecule has 0 aliphatic rings. The molecule has 1 rings (SSSR count). The van der Waals surface area contributed by atoms with Gasteiger partial charge in [-0.15, -0.1) is 6.58 Å². The Kier molecular flexibility index (Phi) is 4.70. The van der Waals surface area contributed by atoms with Crippen LogP contribution in [0.3, 0.4) is 0 Å². The van der Waals surface area contributed by atoms with Gasteiger partial charge in [0.05, 0.1) is 7.11 Å². The van der Waals surface area contributed by atoms with E-state index in [0.717, 1.165) is 12.8 Å². The van der Waals surface area contributed by atoms with E-state index in [1.54, 1.807) is 12.1 Å². The molecule has 0 fully saturated rings. The molecule has 0 spiro atoms. The molecule has 0 saturated carbocycles. The summed E-state index contributed by atoms with van der Waals surface area (Å²) < 4.78 is 18.1. The van der Waals surface area contributed by atoms with Crippen LogP contribution in [0.25, 0.3) is 0 Å². The normalized spacial score (nSPS) is 9.88. The Balaban J connectivity index is 2.69. The average molecular weight is 222 g/mol. The third-order valence-electron chi connectivity index (χ3n) is 2.29. The number of allylic oxidation sites excluding steroid dienone is 1. The summed E-state index contributed by atoms with van der Waals surface area (Å²) in [5, 5.41) is 0. The number of Topliss-reactive ketones (excluding diaryl/α,β-unsaturated/α-hetero) is 1. The highest BCUT2D eigenvalue weighted by molar-refractivity contribution is 5.96. The van der Waals surface area contributed by atoms with Crippen molar-refractivity contribution in [1.82, 2.24) is 0 Å². The monoisotopic (exact) mass is 222 g/mol. The van der Waals surface area contributed by atoms with Crippen LogP contribution in [-0.2, 0) is 0 Å². The molecule has 0 atom stereocenters. The Hall–Kier alpha value is -1.64. The standard InChI is InChI=1S/C13H15FO2/c1-3-4-5-6-12(15)10-7-8-13(16-2)11(14)9-10/h3,7-9H,1,4-6H2,2H3. The van der Waals surface area contributed by atoms with Gasteiger partial charge in [0.1, 0.15) is 0 Å². The summed E-state index contributed by atoms with van der Waals surface area (Å²) in [6.45, 7) is 3.58. The maximum absolute atomic E-state index is 13.3. The Bertz CT molecular complexity index is 386. The molecular formula is C13H15FO2. The fraction of sp³-hybridized carbons (Fsp3) is 0.308. The van der Waals surface area contributed by atoms with Crippen molar-refractivity contribution in [2.45, 2.75) is 19.3 Å². The molecule has 0 aliphatic carbocycles. The van der Waals surface area contributed by atoms with E-state index in [0.29, 0.717) is 12.0 Å². The highest BCUT2D eigenvalue weighted by Gasteiger charge is 2.09. The molecule has 1 aromatic rings. The highest BCUT2D eigenvalue weighted by Crippen LogP contribution is 2.19. The lowest BCUT2D eigenvalue weighted by Gasteiger charge is -2.04. The zero-order chi connectivity index (χ0) is 12.0. The first kappa shape index (κ1) is 12.4. The van der Waals surface area contributed by atoms with Gasteiger partial charge in [-0.3, -0.25) is 4.79 Å². The van der Waals surface area contributed by atoms with Crippen LogP contribution >= 0.6 is 0 Å². The van der Waals surface area contributed by atoms with E-state index in [9.17, 15) is 9.18 Å². The van der Waals surface area contributed by atoms with Crippen molar-refractivity contribution < 1.29 is 13.9 Å². The summed E-state index contributed by atoms with van der Waals surface area (Å²) in [6.07, 6.45) is 3.72. The topological polar surface area (TPSA) is 26.3 Å². The fourth-order valence-electron chi connectivity index (χ4n) is 1.39. The number of benzene rings is 1. The zero-order valence-electron chi connectivity index (χ0n) is 9.33. The van der Waals surface area contributed by atoms with Crippen molar-refractivity contribution in [3.05, 3.63) is 42.2 Å². The molecule has 0 saturated heterocycles. The Morgan fingerprint density at radius 2 is 2.31 bits per heavy atom. The lowest BCUT2D eigenvalue weighted by Crippen LogP contribution is -2.00. The maximum atomic E-state index is 13.3. The lowest BCUT2D eigenvalue weighted by atomic mass is 10.1. The van der Waals surface area contributed by atoms with Crippen molar-refractivity contribution >= 4 is 5.78 Å². The van der Waals surface area contributed by atoms with E-state index in [4.69, 9.17) is 4.74 Å². The third kappa shape index (κ3) is 3.19. The van der Waals surface area contributed by atoms with Gasteiger partial charge in [-0.1, -0.05) is 6.08 Å². The quantitative estimate of drug-likeness (QED) is 0.419. The number of methoxy groups -OCH3 is 1. The van der Waals surface area contributed by atoms with E-state index in [1.807, 2.05) is 0 Å². The second-order valence-corrected chi connectivity index (χ2v) is 3.45. The van der Waals surface area contributed by atoms with Crippen LogP contribution in [0.4, 0.5) is 4.39 Å². The minimum Gasteiger partial charge on any atom is -0.494 e. The summed E-state index contributed by atoms with van der Waals surface area (Å²) in [5.74, 6) is -0.400. The van der Waals surface area contributed by atoms with Crippen LogP contribution < -0.4 is 4.74 Å². The van der Waals surface area contributed by atoms with Crippen LogP contribution in [0.2, 0.25) is 0 Å². The van der Waals surface area contributed by atoms with Crippen molar-refractivity contribution in [3.63, 3.8) is 0 Å². The number of rotatable bonds is 6. The minimum atomic E-state index is -0.503. The number of unbranched alkanes of at least 4 members (excludes halogenated alkanes) is 1. The average Bonchev–Trinajstić information content (AvgIpc) is 2.29. The molecule has 0 aliphatic heterocycles. The predicted octanol–water partition coefficient (Wildman–Crippen LogP) is 3.37. The summed E-state index contributed by atoms with van der Waals surface area (Å²) >= 11 is 0. The number of hydrogen-bond acceptors (Lipinski definition) is 2. The molecule has 0 unspecified atom stereocenters. The van der Waals surface area contributed by atoms with E-state index in [2.05, 4.69) is 6.58 Å². The first-order valence-electron chi connectivity index (χ1n) is 5.16. The van der Waals surface area contributed by atoms with Crippen LogP contribution in [0, 0.1) is 5.82 Å². The number of ether oxygens (including phenoxy) is 1. The summed E-state index contributed by atoms with van der Waals surface area (Å²) in [5.41, 5.74) is 0.391. The molecule has 3 heteroatoms. The van der Waals surface area contributed by atoms with Gasteiger partial charge in [-0.05, 0) is 31.0 Å². The Morgan fingerprint density at radius 3 is 2.88 bits per heavy atom. The predicted molar refractivity (Wildman–Crippen MR) is 61.3 cm³/mol. The largest absolute Gasteiger partial charge is 0.494 e. The maximum Gasteiger partial charge on any atom is 0.165 e. The molecule has 16 heavy (non-hydrogen) atoms. The van der Waals surface area contributed by atoms with Crippen LogP contribution in [0.15, 0.2) is 30.9 Å². The van der Waals surface area contributed by atoms with Crippen molar-refractivity contribution in [2.24, 2.45) is 0 Å². The number of hydrogen-bond donors (Lipinski definition) is 0. The van der Waals surface area contributed by atoms with Gasteiger partial charge in [0, 0.05) is 12.0 Å². The van der Waals surface area contributed by atoms with Gasteiger partial charge in [-0.2, -0.15) is 0 Å². The third-order valence-corrected chi connectivity index (χ3v) is 2.29. The first-order chi connectivity index (χ1) is 7.69. The van der Waals surface area contributed by atoms with Gasteiger partial charge in [-0.25, -0.2) is 4.39 Å². The molecule has 0 amide bonds. The van der Waals surface area contributed by atoms with Crippen LogP contribution in [0.5, 0.6) is 5.75 Å². The molecule has 0 radical (unpaired) electrons. The Labute approximate surface area is 94.7 Å². The number of ketones is 1. The molecule has 2 nitrogen and oxygen atoms in total. The fourth-order valence-corrected chi connectivity index (χ4v) is 1.39. The summed E-state index contributed by atoms with van der Waals surface area (Å²) in [4.78, 5) is 11.6. The molecule has 86 valence electrons. The van der Waals surface area contributed by atoms with Gasteiger partial charge < -0.3 is 4.74 Å². The van der Waals surface area contributed by atoms with Crippen molar-refractivity contribution in [1.29, 1.82) is 0 Å². The number of halogens is 1. The molecule has 0 N–H and O–H groups in total. The smallest absolute Gasteiger partial charge is 0.165 e. The second-order valence-electron chi connectivity index (χ2n) is 3.45. The first-order valence-corrected chi connectivity index (χ1v) is 5.16. The number of carbonyl (C=O) groups is 1. The second kappa shape index (κ2) is 6.05. The minimum absolute atomic E-state index is 0.0524. The molecule has 1 aromatic carbocycles. The zero-order valence-corrected chi connectivity index (χ0v) is 9.33.